The molecule has 67 heavy (non-hydrogen) atoms. The number of carbonyl (C=O) groups excluding carboxylic acids is 1. The number of aryl methyl sites for hydroxylation is 2. The molecule has 1 saturated carbocycles. The molecule has 0 spiro atoms. The highest BCUT2D eigenvalue weighted by Crippen LogP contribution is 2.56. The van der Waals surface area contributed by atoms with Gasteiger partial charge in [-0.1, -0.05) is 18.1 Å². The normalized spacial score (nSPS) is 24.3. The van der Waals surface area contributed by atoms with Gasteiger partial charge in [0, 0.05) is 60.4 Å². The summed E-state index contributed by atoms with van der Waals surface area (Å²) in [7, 11) is -2.65. The summed E-state index contributed by atoms with van der Waals surface area (Å²) in [5.41, 5.74) is 5.67. The number of hydrogen-bond donors (Lipinski definition) is 1. The van der Waals surface area contributed by atoms with Gasteiger partial charge in [0.1, 0.15) is 22.9 Å². The molecule has 0 radical (unpaired) electrons. The van der Waals surface area contributed by atoms with Gasteiger partial charge >= 0.3 is 11.4 Å². The second kappa shape index (κ2) is 15.0. The maximum atomic E-state index is 15.6. The molecule has 0 unspecified atom stereocenters. The predicted octanol–water partition coefficient (Wildman–Crippen LogP) is 8.25. The van der Waals surface area contributed by atoms with Crippen LogP contribution in [0.25, 0.3) is 34.2 Å². The molecule has 4 aliphatic rings. The fraction of sp³-hybridized carbons (Fsp3) is 0.380. The van der Waals surface area contributed by atoms with Gasteiger partial charge < -0.3 is 14.2 Å². The Morgan fingerprint density at radius 2 is 1.70 bits per heavy atom. The second-order valence-electron chi connectivity index (χ2n) is 19.6. The van der Waals surface area contributed by atoms with Crippen molar-refractivity contribution in [3.8, 4) is 17.2 Å². The first-order chi connectivity index (χ1) is 31.8. The lowest BCUT2D eigenvalue weighted by Gasteiger charge is -2.35. The molecule has 346 valence electrons. The number of H-pyrrole nitrogens is 1. The number of halogens is 1. The van der Waals surface area contributed by atoms with Crippen LogP contribution in [0.2, 0.25) is 0 Å². The molecule has 1 amide bonds. The van der Waals surface area contributed by atoms with E-state index in [0.29, 0.717) is 87.7 Å². The quantitative estimate of drug-likeness (QED) is 0.167. The van der Waals surface area contributed by atoms with E-state index in [1.54, 1.807) is 68.4 Å². The summed E-state index contributed by atoms with van der Waals surface area (Å²) in [6.07, 6.45) is 9.56. The van der Waals surface area contributed by atoms with Crippen LogP contribution in [0.3, 0.4) is 0 Å². The van der Waals surface area contributed by atoms with Crippen LogP contribution in [-0.4, -0.2) is 73.6 Å². The van der Waals surface area contributed by atoms with E-state index in [4.69, 9.17) is 14.4 Å². The van der Waals surface area contributed by atoms with Gasteiger partial charge in [-0.25, -0.2) is 27.2 Å². The van der Waals surface area contributed by atoms with E-state index >= 15 is 9.18 Å². The van der Waals surface area contributed by atoms with Crippen molar-refractivity contribution in [2.75, 3.05) is 19.4 Å². The summed E-state index contributed by atoms with van der Waals surface area (Å²) >= 11 is 0. The standard InChI is InChI=1S/C50H52FN9O6S/c1-27-19-37(20-28(2)43(27)51)60-44(58-17-16-57(48(58)63)36-10-12-41-35(23-36)21-30(4)55-67(41,8)64)42-31(5)56(15-13-38(42)53-60)45(61)40-24-34-22-32(33-14-18-65-49(6,7)26-33)9-11-39(34)59(40)50(25-29(50)3)46-52-47(62)66-54-46/h9-12,16-17,19-24,29,31,33H,13-15,18,25-26H2,1-8H3,(H,52,54,62)/t29-,31-,33-,50-,67-/m0/s1. The first-order valence-electron chi connectivity index (χ1n) is 22.8. The van der Waals surface area contributed by atoms with Crippen molar-refractivity contribution in [1.29, 1.82) is 0 Å². The zero-order chi connectivity index (χ0) is 47.1. The highest BCUT2D eigenvalue weighted by atomic mass is 32.2. The third-order valence-electron chi connectivity index (χ3n) is 14.5. The molecule has 3 aliphatic heterocycles. The van der Waals surface area contributed by atoms with Gasteiger partial charge in [0.2, 0.25) is 0 Å². The van der Waals surface area contributed by atoms with Gasteiger partial charge in [-0.15, -0.1) is 0 Å². The van der Waals surface area contributed by atoms with Crippen LogP contribution in [0.1, 0.15) is 116 Å². The largest absolute Gasteiger partial charge is 0.438 e. The molecule has 3 aromatic carbocycles. The smallest absolute Gasteiger partial charge is 0.376 e. The number of aromatic nitrogens is 7. The molecule has 1 saturated heterocycles. The van der Waals surface area contributed by atoms with Crippen molar-refractivity contribution in [3.63, 3.8) is 0 Å². The Hall–Kier alpha value is -6.59. The number of hydrogen-bond acceptors (Lipinski definition) is 9. The van der Waals surface area contributed by atoms with Crippen LogP contribution in [-0.2, 0) is 26.4 Å². The molecule has 2 fully saturated rings. The molecule has 5 atom stereocenters. The number of imidazole rings is 1. The van der Waals surface area contributed by atoms with Gasteiger partial charge in [-0.3, -0.25) is 23.4 Å². The van der Waals surface area contributed by atoms with Crippen molar-refractivity contribution in [2.45, 2.75) is 102 Å². The summed E-state index contributed by atoms with van der Waals surface area (Å²) in [4.78, 5) is 48.1. The predicted molar refractivity (Wildman–Crippen MR) is 251 cm³/mol. The molecule has 17 heteroatoms. The average Bonchev–Trinajstić information content (AvgIpc) is 3.77. The van der Waals surface area contributed by atoms with Gasteiger partial charge in [0.15, 0.2) is 5.82 Å². The number of carbonyl (C=O) groups is 1. The van der Waals surface area contributed by atoms with E-state index in [2.05, 4.69) is 53.5 Å². The number of rotatable bonds is 7. The molecular formula is C50H52FN9O6S. The zero-order valence-corrected chi connectivity index (χ0v) is 39.5. The van der Waals surface area contributed by atoms with E-state index in [1.807, 2.05) is 34.6 Å². The molecule has 1 N–H and O–H groups in total. The van der Waals surface area contributed by atoms with E-state index in [0.717, 1.165) is 29.3 Å². The molecule has 7 heterocycles. The number of nitrogens with one attached hydrogen (secondary N) is 1. The first kappa shape index (κ1) is 43.0. The molecule has 11 rings (SSSR count). The number of amides is 1. The summed E-state index contributed by atoms with van der Waals surface area (Å²) in [6, 6.07) is 16.5. The Balaban J connectivity index is 1.05. The van der Waals surface area contributed by atoms with Crippen LogP contribution in [0.15, 0.2) is 96.1 Å². The SMILES string of the molecule is CC1=Cc2cc(-n3ccn(-c4c5c(nn4-c4cc(C)c(F)c(C)c4)CCN(C(=O)c4cc6cc([C@H]7CCOC(C)(C)C7)ccc6n4[C@@]4(c6noc(=O)[nH]6)C[C@@H]4C)[C@H]5C)c3=O)ccc2[S@](C)(=O)=N1. The highest BCUT2D eigenvalue weighted by molar-refractivity contribution is 7.93. The topological polar surface area (TPSA) is 168 Å². The van der Waals surface area contributed by atoms with Crippen LogP contribution >= 0.6 is 0 Å². The lowest BCUT2D eigenvalue weighted by Crippen LogP contribution is -2.41. The van der Waals surface area contributed by atoms with Crippen LogP contribution in [0.4, 0.5) is 4.39 Å². The summed E-state index contributed by atoms with van der Waals surface area (Å²) in [5, 5.41) is 10.2. The number of allylic oxidation sites excluding steroid dienone is 1. The Morgan fingerprint density at radius 3 is 2.40 bits per heavy atom. The Bertz CT molecular complexity index is 3520. The molecule has 1 aliphatic carbocycles. The first-order valence-corrected chi connectivity index (χ1v) is 24.7. The summed E-state index contributed by atoms with van der Waals surface area (Å²) < 4.78 is 50.9. The fourth-order valence-corrected chi connectivity index (χ4v) is 12.7. The lowest BCUT2D eigenvalue weighted by molar-refractivity contribution is -0.0592. The Kier molecular flexibility index (Phi) is 9.60. The van der Waals surface area contributed by atoms with Crippen molar-refractivity contribution in [2.24, 2.45) is 10.3 Å². The molecule has 4 aromatic heterocycles. The van der Waals surface area contributed by atoms with Gasteiger partial charge in [0.25, 0.3) is 5.91 Å². The lowest BCUT2D eigenvalue weighted by atomic mass is 9.83. The fourth-order valence-electron chi connectivity index (χ4n) is 11.2. The molecule has 7 aromatic rings. The number of benzene rings is 3. The van der Waals surface area contributed by atoms with Crippen molar-refractivity contribution >= 4 is 32.6 Å². The number of nitrogens with zero attached hydrogens (tertiary/aromatic N) is 8. The van der Waals surface area contributed by atoms with Crippen LogP contribution in [0.5, 0.6) is 0 Å². The van der Waals surface area contributed by atoms with E-state index in [9.17, 15) is 13.8 Å². The van der Waals surface area contributed by atoms with Crippen molar-refractivity contribution < 1.29 is 22.7 Å². The summed E-state index contributed by atoms with van der Waals surface area (Å²) in [6.45, 7) is 14.4. The number of ether oxygens (including phenoxy) is 1. The molecule has 0 bridgehead atoms. The van der Waals surface area contributed by atoms with Gasteiger partial charge in [-0.2, -0.15) is 5.10 Å². The minimum absolute atomic E-state index is 0.0105. The average molecular weight is 926 g/mol. The monoisotopic (exact) mass is 925 g/mol. The van der Waals surface area contributed by atoms with Crippen molar-refractivity contribution in [1.82, 2.24) is 38.5 Å². The maximum absolute atomic E-state index is 15.6. The molecular weight excluding hydrogens is 874 g/mol. The summed E-state index contributed by atoms with van der Waals surface area (Å²) in [5.74, 6) is -0.153. The van der Waals surface area contributed by atoms with E-state index in [1.165, 1.54) is 14.7 Å². The number of aromatic amines is 1. The Labute approximate surface area is 386 Å². The van der Waals surface area contributed by atoms with Crippen LogP contribution in [0, 0.1) is 25.6 Å². The van der Waals surface area contributed by atoms with Gasteiger partial charge in [-0.05, 0) is 150 Å². The zero-order valence-electron chi connectivity index (χ0n) is 38.7. The second-order valence-corrected chi connectivity index (χ2v) is 21.8. The van der Waals surface area contributed by atoms with Gasteiger partial charge in [0.05, 0.1) is 43.3 Å². The van der Waals surface area contributed by atoms with E-state index in [-0.39, 0.29) is 29.2 Å². The minimum Gasteiger partial charge on any atom is -0.376 e. The third-order valence-corrected chi connectivity index (χ3v) is 16.3. The third kappa shape index (κ3) is 6.74. The molecule has 15 nitrogen and oxygen atoms in total. The minimum atomic E-state index is -2.65. The van der Waals surface area contributed by atoms with Crippen LogP contribution < -0.4 is 11.4 Å². The Morgan fingerprint density at radius 1 is 0.955 bits per heavy atom. The van der Waals surface area contributed by atoms with E-state index < -0.39 is 32.8 Å². The number of fused-ring (bicyclic) bond motifs is 3. The maximum Gasteiger partial charge on any atom is 0.438 e. The highest BCUT2D eigenvalue weighted by Gasteiger charge is 2.59. The van der Waals surface area contributed by atoms with Crippen molar-refractivity contribution in [3.05, 3.63) is 145 Å².